The van der Waals surface area contributed by atoms with Crippen LogP contribution >= 0.6 is 11.6 Å². The minimum atomic E-state index is -3.54. The van der Waals surface area contributed by atoms with Crippen molar-refractivity contribution in [1.29, 1.82) is 0 Å². The Balaban J connectivity index is 1.78. The molecule has 0 aromatic heterocycles. The number of unbranched alkanes of at least 4 members (excludes halogenated alkanes) is 1. The Morgan fingerprint density at radius 2 is 2.05 bits per heavy atom. The van der Waals surface area contributed by atoms with Crippen molar-refractivity contribution in [1.82, 2.24) is 5.32 Å². The van der Waals surface area contributed by atoms with E-state index in [4.69, 9.17) is 11.6 Å². The van der Waals surface area contributed by atoms with E-state index < -0.39 is 15.8 Å². The molecule has 0 saturated heterocycles. The molecule has 2 N–H and O–H groups in total. The van der Waals surface area contributed by atoms with Gasteiger partial charge in [-0.1, -0.05) is 17.7 Å². The summed E-state index contributed by atoms with van der Waals surface area (Å²) in [6.45, 7) is 0.825. The summed E-state index contributed by atoms with van der Waals surface area (Å²) in [6, 6.07) is 4.86. The highest BCUT2D eigenvalue weighted by Gasteiger charge is 2.19. The van der Waals surface area contributed by atoms with Gasteiger partial charge < -0.3 is 5.32 Å². The number of anilines is 1. The minimum Gasteiger partial charge on any atom is -0.314 e. The summed E-state index contributed by atoms with van der Waals surface area (Å²) >= 11 is 5.61. The summed E-state index contributed by atoms with van der Waals surface area (Å²) in [7, 11) is -3.54. The Kier molecular flexibility index (Phi) is 5.23. The number of sulfonamides is 1. The average Bonchev–Trinajstić information content (AvgIpc) is 3.18. The summed E-state index contributed by atoms with van der Waals surface area (Å²) in [5.41, 5.74) is -0.103. The van der Waals surface area contributed by atoms with Crippen LogP contribution in [-0.4, -0.2) is 26.8 Å². The molecule has 0 bridgehead atoms. The van der Waals surface area contributed by atoms with Crippen molar-refractivity contribution in [2.24, 2.45) is 0 Å². The second kappa shape index (κ2) is 6.74. The molecule has 1 aromatic rings. The van der Waals surface area contributed by atoms with Gasteiger partial charge in [-0.05, 0) is 44.4 Å². The Morgan fingerprint density at radius 3 is 2.75 bits per heavy atom. The lowest BCUT2D eigenvalue weighted by molar-refractivity contribution is 0.589. The maximum atomic E-state index is 13.6. The van der Waals surface area contributed by atoms with Gasteiger partial charge in [-0.15, -0.1) is 0 Å². The molecule has 1 aromatic carbocycles. The fourth-order valence-corrected chi connectivity index (χ4v) is 3.17. The lowest BCUT2D eigenvalue weighted by atomic mass is 10.3. The smallest absolute Gasteiger partial charge is 0.232 e. The topological polar surface area (TPSA) is 58.2 Å². The lowest BCUT2D eigenvalue weighted by Crippen LogP contribution is -2.21. The van der Waals surface area contributed by atoms with Gasteiger partial charge in [-0.3, -0.25) is 4.72 Å². The van der Waals surface area contributed by atoms with Crippen molar-refractivity contribution in [3.05, 3.63) is 29.0 Å². The van der Waals surface area contributed by atoms with E-state index in [-0.39, 0.29) is 16.5 Å². The van der Waals surface area contributed by atoms with Crippen LogP contribution in [0, 0.1) is 5.82 Å². The molecule has 2 rings (SSSR count). The molecule has 0 heterocycles. The van der Waals surface area contributed by atoms with E-state index in [0.29, 0.717) is 12.5 Å². The Morgan fingerprint density at radius 1 is 1.30 bits per heavy atom. The first-order valence-corrected chi connectivity index (χ1v) is 8.69. The van der Waals surface area contributed by atoms with Crippen LogP contribution < -0.4 is 10.0 Å². The normalized spacial score (nSPS) is 15.3. The Hall–Kier alpha value is -0.850. The predicted octanol–water partition coefficient (Wildman–Crippen LogP) is 2.75. The van der Waals surface area contributed by atoms with Gasteiger partial charge >= 0.3 is 0 Å². The van der Waals surface area contributed by atoms with Gasteiger partial charge in [0.1, 0.15) is 0 Å². The van der Waals surface area contributed by atoms with Gasteiger partial charge in [-0.2, -0.15) is 0 Å². The van der Waals surface area contributed by atoms with Crippen LogP contribution in [0.3, 0.4) is 0 Å². The highest BCUT2D eigenvalue weighted by Crippen LogP contribution is 2.23. The Labute approximate surface area is 123 Å². The fraction of sp³-hybridized carbons (Fsp3) is 0.538. The van der Waals surface area contributed by atoms with Crippen LogP contribution in [0.25, 0.3) is 0 Å². The fourth-order valence-electron chi connectivity index (χ4n) is 1.81. The van der Waals surface area contributed by atoms with E-state index in [0.717, 1.165) is 13.0 Å². The number of halogens is 2. The summed E-state index contributed by atoms with van der Waals surface area (Å²) in [6.07, 6.45) is 3.76. The zero-order valence-corrected chi connectivity index (χ0v) is 12.6. The number of hydrogen-bond acceptors (Lipinski definition) is 3. The van der Waals surface area contributed by atoms with Crippen LogP contribution in [0.1, 0.15) is 25.7 Å². The molecule has 0 radical (unpaired) electrons. The van der Waals surface area contributed by atoms with Crippen molar-refractivity contribution < 1.29 is 12.8 Å². The maximum Gasteiger partial charge on any atom is 0.232 e. The molecule has 1 fully saturated rings. The van der Waals surface area contributed by atoms with Crippen LogP contribution in [0.5, 0.6) is 0 Å². The zero-order chi connectivity index (χ0) is 14.6. The van der Waals surface area contributed by atoms with Crippen molar-refractivity contribution in [2.75, 3.05) is 17.0 Å². The van der Waals surface area contributed by atoms with E-state index in [2.05, 4.69) is 10.0 Å². The molecular weight excluding hydrogens is 303 g/mol. The van der Waals surface area contributed by atoms with Crippen LogP contribution in [0.2, 0.25) is 5.02 Å². The molecule has 1 saturated carbocycles. The number of benzene rings is 1. The van der Waals surface area contributed by atoms with E-state index in [9.17, 15) is 12.8 Å². The highest BCUT2D eigenvalue weighted by atomic mass is 35.5. The molecule has 0 amide bonds. The number of rotatable bonds is 8. The van der Waals surface area contributed by atoms with E-state index in [1.807, 2.05) is 0 Å². The van der Waals surface area contributed by atoms with E-state index >= 15 is 0 Å². The number of hydrogen-bond donors (Lipinski definition) is 2. The molecular formula is C13H18ClFN2O2S. The first-order chi connectivity index (χ1) is 9.48. The second-order valence-electron chi connectivity index (χ2n) is 4.96. The second-order valence-corrected chi connectivity index (χ2v) is 7.21. The van der Waals surface area contributed by atoms with Gasteiger partial charge in [0.2, 0.25) is 10.0 Å². The molecule has 20 heavy (non-hydrogen) atoms. The average molecular weight is 321 g/mol. The van der Waals surface area contributed by atoms with Gasteiger partial charge in [0, 0.05) is 6.04 Å². The van der Waals surface area contributed by atoms with Gasteiger partial charge in [0.15, 0.2) is 5.82 Å². The monoisotopic (exact) mass is 320 g/mol. The largest absolute Gasteiger partial charge is 0.314 e. The maximum absolute atomic E-state index is 13.6. The summed E-state index contributed by atoms with van der Waals surface area (Å²) < 4.78 is 39.5. The molecule has 0 atom stereocenters. The van der Waals surface area contributed by atoms with Gasteiger partial charge in [0.25, 0.3) is 0 Å². The van der Waals surface area contributed by atoms with E-state index in [1.165, 1.54) is 31.0 Å². The van der Waals surface area contributed by atoms with Crippen LogP contribution in [0.15, 0.2) is 18.2 Å². The third-order valence-corrected chi connectivity index (χ3v) is 4.72. The summed E-state index contributed by atoms with van der Waals surface area (Å²) in [5, 5.41) is 3.22. The quantitative estimate of drug-likeness (QED) is 0.724. The van der Waals surface area contributed by atoms with E-state index in [1.54, 1.807) is 0 Å². The number of nitrogens with one attached hydrogen (secondary N) is 2. The molecule has 4 nitrogen and oxygen atoms in total. The Bertz CT molecular complexity index is 561. The highest BCUT2D eigenvalue weighted by molar-refractivity contribution is 7.92. The molecule has 0 aliphatic heterocycles. The molecule has 1 aliphatic carbocycles. The standard InChI is InChI=1S/C13H18ClFN2O2S/c14-11-4-3-5-12(13(11)15)17-20(18,19)9-2-1-8-16-10-6-7-10/h3-5,10,16-17H,1-2,6-9H2. The first kappa shape index (κ1) is 15.5. The first-order valence-electron chi connectivity index (χ1n) is 6.66. The molecule has 112 valence electrons. The van der Waals surface area contributed by atoms with Crippen molar-refractivity contribution in [3.8, 4) is 0 Å². The summed E-state index contributed by atoms with van der Waals surface area (Å²) in [4.78, 5) is 0. The molecule has 1 aliphatic rings. The van der Waals surface area contributed by atoms with Gasteiger partial charge in [-0.25, -0.2) is 12.8 Å². The molecule has 0 spiro atoms. The predicted molar refractivity (Wildman–Crippen MR) is 79.1 cm³/mol. The molecule has 7 heteroatoms. The third kappa shape index (κ3) is 4.92. The van der Waals surface area contributed by atoms with Crippen LogP contribution in [-0.2, 0) is 10.0 Å². The molecule has 0 unspecified atom stereocenters. The summed E-state index contributed by atoms with van der Waals surface area (Å²) in [5.74, 6) is -0.765. The SMILES string of the molecule is O=S(=O)(CCCCNC1CC1)Nc1cccc(Cl)c1F. The zero-order valence-electron chi connectivity index (χ0n) is 11.0. The minimum absolute atomic E-state index is 0.0225. The van der Waals surface area contributed by atoms with Gasteiger partial charge in [0.05, 0.1) is 16.5 Å². The third-order valence-electron chi connectivity index (χ3n) is 3.07. The van der Waals surface area contributed by atoms with Crippen LogP contribution in [0.4, 0.5) is 10.1 Å². The lowest BCUT2D eigenvalue weighted by Gasteiger charge is -2.09. The van der Waals surface area contributed by atoms with Crippen molar-refractivity contribution in [2.45, 2.75) is 31.7 Å². The van der Waals surface area contributed by atoms with Crippen molar-refractivity contribution >= 4 is 27.3 Å². The van der Waals surface area contributed by atoms with Crippen molar-refractivity contribution in [3.63, 3.8) is 0 Å².